The van der Waals surface area contributed by atoms with E-state index in [9.17, 15) is 10.1 Å². The summed E-state index contributed by atoms with van der Waals surface area (Å²) in [5, 5.41) is 18.0. The summed E-state index contributed by atoms with van der Waals surface area (Å²) >= 11 is 0. The first-order chi connectivity index (χ1) is 14.7. The van der Waals surface area contributed by atoms with Crippen molar-refractivity contribution in [2.24, 2.45) is 0 Å². The molecule has 0 bridgehead atoms. The van der Waals surface area contributed by atoms with Crippen LogP contribution in [0.15, 0.2) is 65.1 Å². The molecule has 144 valence electrons. The Kier molecular flexibility index (Phi) is 5.10. The van der Waals surface area contributed by atoms with E-state index in [1.165, 1.54) is 0 Å². The molecule has 0 spiro atoms. The fraction of sp³-hybridized carbons (Fsp3) is 0.0435. The summed E-state index contributed by atoms with van der Waals surface area (Å²) in [6, 6.07) is 21.6. The van der Waals surface area contributed by atoms with Gasteiger partial charge >= 0.3 is 5.97 Å². The van der Waals surface area contributed by atoms with Gasteiger partial charge in [-0.15, -0.1) is 0 Å². The van der Waals surface area contributed by atoms with Crippen LogP contribution in [0.5, 0.6) is 0 Å². The Morgan fingerprint density at radius 1 is 1.10 bits per heavy atom. The number of furan rings is 1. The van der Waals surface area contributed by atoms with Crippen LogP contribution in [0, 0.1) is 22.7 Å². The Morgan fingerprint density at radius 3 is 2.63 bits per heavy atom. The van der Waals surface area contributed by atoms with Crippen molar-refractivity contribution in [3.8, 4) is 23.5 Å². The van der Waals surface area contributed by atoms with E-state index in [0.717, 1.165) is 16.6 Å². The molecule has 30 heavy (non-hydrogen) atoms. The largest absolute Gasteiger partial charge is 0.457 e. The second-order valence-corrected chi connectivity index (χ2v) is 6.29. The third-order valence-electron chi connectivity index (χ3n) is 4.35. The van der Waals surface area contributed by atoms with Crippen molar-refractivity contribution >= 4 is 28.7 Å². The zero-order valence-corrected chi connectivity index (χ0v) is 15.6. The van der Waals surface area contributed by atoms with Crippen molar-refractivity contribution in [1.82, 2.24) is 9.97 Å². The summed E-state index contributed by atoms with van der Waals surface area (Å²) in [5.41, 5.74) is 3.08. The van der Waals surface area contributed by atoms with Gasteiger partial charge in [0.1, 0.15) is 29.5 Å². The van der Waals surface area contributed by atoms with Gasteiger partial charge < -0.3 is 14.1 Å². The first-order valence-electron chi connectivity index (χ1n) is 8.99. The maximum atomic E-state index is 11.8. The number of nitrogens with zero attached hydrogens (tertiary/aromatic N) is 3. The van der Waals surface area contributed by atoms with Gasteiger partial charge in [-0.2, -0.15) is 10.5 Å². The molecule has 0 fully saturated rings. The highest BCUT2D eigenvalue weighted by Gasteiger charge is 2.11. The summed E-state index contributed by atoms with van der Waals surface area (Å²) < 4.78 is 10.6. The number of para-hydroxylation sites is 2. The molecular weight excluding hydrogens is 380 g/mol. The summed E-state index contributed by atoms with van der Waals surface area (Å²) in [5.74, 6) is 0.993. The predicted molar refractivity (Wildman–Crippen MR) is 110 cm³/mol. The van der Waals surface area contributed by atoms with Crippen molar-refractivity contribution in [2.75, 3.05) is 6.61 Å². The van der Waals surface area contributed by atoms with Crippen LogP contribution in [-0.2, 0) is 4.74 Å². The Balaban J connectivity index is 1.56. The number of hydrogen-bond donors (Lipinski definition) is 1. The third-order valence-corrected chi connectivity index (χ3v) is 4.35. The molecule has 0 aliphatic carbocycles. The molecule has 2 aromatic heterocycles. The van der Waals surface area contributed by atoms with Crippen molar-refractivity contribution in [3.05, 3.63) is 77.8 Å². The highest BCUT2D eigenvalue weighted by molar-refractivity contribution is 5.91. The van der Waals surface area contributed by atoms with E-state index >= 15 is 0 Å². The van der Waals surface area contributed by atoms with Crippen molar-refractivity contribution in [3.63, 3.8) is 0 Å². The van der Waals surface area contributed by atoms with E-state index in [0.29, 0.717) is 28.5 Å². The maximum Gasteiger partial charge on any atom is 0.339 e. The van der Waals surface area contributed by atoms with Crippen molar-refractivity contribution in [1.29, 1.82) is 10.5 Å². The second-order valence-electron chi connectivity index (χ2n) is 6.29. The standard InChI is InChI=1S/C23H14N4O3/c24-11-12-29-23(28)16-7-5-15(6-8-16)21-10-9-18(30-21)13-17(14-25)22-26-19-3-1-2-4-20(19)27-22/h1-10,13H,12H2,(H,26,27)/b17-13-. The monoisotopic (exact) mass is 394 g/mol. The molecule has 0 unspecified atom stereocenters. The molecular formula is C23H14N4O3. The second kappa shape index (κ2) is 8.17. The Labute approximate surface area is 171 Å². The quantitative estimate of drug-likeness (QED) is 0.392. The topological polar surface area (TPSA) is 116 Å². The van der Waals surface area contributed by atoms with Gasteiger partial charge in [-0.3, -0.25) is 0 Å². The van der Waals surface area contributed by atoms with Gasteiger partial charge in [-0.1, -0.05) is 24.3 Å². The lowest BCUT2D eigenvalue weighted by molar-refractivity contribution is 0.0555. The number of aromatic amines is 1. The number of fused-ring (bicyclic) bond motifs is 1. The number of hydrogen-bond acceptors (Lipinski definition) is 6. The minimum Gasteiger partial charge on any atom is -0.457 e. The lowest BCUT2D eigenvalue weighted by Crippen LogP contribution is -2.04. The third kappa shape index (κ3) is 3.82. The Hall–Kier alpha value is -4.62. The van der Waals surface area contributed by atoms with Gasteiger partial charge in [0, 0.05) is 11.6 Å². The smallest absolute Gasteiger partial charge is 0.339 e. The molecule has 0 aliphatic heterocycles. The van der Waals surface area contributed by atoms with Crippen LogP contribution in [0.3, 0.4) is 0 Å². The van der Waals surface area contributed by atoms with Gasteiger partial charge in [0.25, 0.3) is 0 Å². The molecule has 0 atom stereocenters. The predicted octanol–water partition coefficient (Wildman–Crippen LogP) is 4.57. The summed E-state index contributed by atoms with van der Waals surface area (Å²) in [7, 11) is 0. The van der Waals surface area contributed by atoms with E-state index in [1.807, 2.05) is 24.3 Å². The number of rotatable bonds is 5. The van der Waals surface area contributed by atoms with Gasteiger partial charge in [0.15, 0.2) is 6.61 Å². The number of carbonyl (C=O) groups excluding carboxylic acids is 1. The van der Waals surface area contributed by atoms with Gasteiger partial charge in [-0.25, -0.2) is 9.78 Å². The number of H-pyrrole nitrogens is 1. The number of benzene rings is 2. The van der Waals surface area contributed by atoms with E-state index in [-0.39, 0.29) is 6.61 Å². The molecule has 4 aromatic rings. The number of nitriles is 2. The number of ether oxygens (including phenoxy) is 1. The lowest BCUT2D eigenvalue weighted by atomic mass is 10.1. The van der Waals surface area contributed by atoms with Crippen LogP contribution in [0.2, 0.25) is 0 Å². The molecule has 7 nitrogen and oxygen atoms in total. The van der Waals surface area contributed by atoms with Crippen LogP contribution in [0.25, 0.3) is 34.0 Å². The molecule has 0 aliphatic rings. The van der Waals surface area contributed by atoms with Crippen molar-refractivity contribution < 1.29 is 13.9 Å². The Bertz CT molecular complexity index is 1300. The number of aromatic nitrogens is 2. The SMILES string of the molecule is N#CCOC(=O)c1ccc(-c2ccc(/C=C(/C#N)c3nc4ccccc4[nH]3)o2)cc1. The number of allylic oxidation sites excluding steroid dienone is 1. The highest BCUT2D eigenvalue weighted by atomic mass is 16.5. The average molecular weight is 394 g/mol. The summed E-state index contributed by atoms with van der Waals surface area (Å²) in [6.07, 6.45) is 1.62. The molecule has 1 N–H and O–H groups in total. The van der Waals surface area contributed by atoms with Crippen LogP contribution in [0.4, 0.5) is 0 Å². The van der Waals surface area contributed by atoms with Crippen LogP contribution >= 0.6 is 0 Å². The van der Waals surface area contributed by atoms with Gasteiger partial charge in [0.05, 0.1) is 22.2 Å². The number of carbonyl (C=O) groups is 1. The van der Waals surface area contributed by atoms with Crippen molar-refractivity contribution in [2.45, 2.75) is 0 Å². The zero-order valence-electron chi connectivity index (χ0n) is 15.6. The highest BCUT2D eigenvalue weighted by Crippen LogP contribution is 2.26. The fourth-order valence-electron chi connectivity index (χ4n) is 2.91. The van der Waals surface area contributed by atoms with E-state index in [4.69, 9.17) is 14.4 Å². The van der Waals surface area contributed by atoms with E-state index in [2.05, 4.69) is 16.0 Å². The maximum absolute atomic E-state index is 11.8. The van der Waals surface area contributed by atoms with Crippen LogP contribution in [0.1, 0.15) is 21.9 Å². The normalized spacial score (nSPS) is 11.1. The van der Waals surface area contributed by atoms with E-state index in [1.54, 1.807) is 48.5 Å². The summed E-state index contributed by atoms with van der Waals surface area (Å²) in [4.78, 5) is 19.3. The Morgan fingerprint density at radius 2 is 1.90 bits per heavy atom. The minimum atomic E-state index is -0.560. The number of nitrogens with one attached hydrogen (secondary N) is 1. The lowest BCUT2D eigenvalue weighted by Gasteiger charge is -2.01. The number of imidazole rings is 1. The molecule has 4 rings (SSSR count). The van der Waals surface area contributed by atoms with Crippen LogP contribution in [-0.4, -0.2) is 22.5 Å². The first kappa shape index (κ1) is 18.7. The summed E-state index contributed by atoms with van der Waals surface area (Å²) in [6.45, 7) is -0.291. The number of esters is 1. The molecule has 0 saturated heterocycles. The zero-order chi connectivity index (χ0) is 20.9. The molecule has 0 radical (unpaired) electrons. The fourth-order valence-corrected chi connectivity index (χ4v) is 2.91. The molecule has 0 saturated carbocycles. The average Bonchev–Trinajstić information content (AvgIpc) is 3.42. The molecule has 7 heteroatoms. The van der Waals surface area contributed by atoms with E-state index < -0.39 is 5.97 Å². The van der Waals surface area contributed by atoms with Gasteiger partial charge in [-0.05, 0) is 36.4 Å². The van der Waals surface area contributed by atoms with Gasteiger partial charge in [0.2, 0.25) is 0 Å². The minimum absolute atomic E-state index is 0.291. The molecule has 2 aromatic carbocycles. The first-order valence-corrected chi connectivity index (χ1v) is 8.99. The molecule has 2 heterocycles. The molecule has 0 amide bonds. The van der Waals surface area contributed by atoms with Crippen LogP contribution < -0.4 is 0 Å².